The highest BCUT2D eigenvalue weighted by Crippen LogP contribution is 2.35. The molecule has 0 bridgehead atoms. The van der Waals surface area contributed by atoms with Crippen LogP contribution in [0.15, 0.2) is 58.3 Å². The van der Waals surface area contributed by atoms with Crippen molar-refractivity contribution in [3.8, 4) is 5.75 Å². The first-order valence-electron chi connectivity index (χ1n) is 5.61. The molecule has 2 aromatic rings. The van der Waals surface area contributed by atoms with Crippen molar-refractivity contribution in [3.63, 3.8) is 0 Å². The monoisotopic (exact) mass is 257 g/mol. The Morgan fingerprint density at radius 2 is 1.89 bits per heavy atom. The van der Waals surface area contributed by atoms with E-state index in [9.17, 15) is 4.79 Å². The predicted molar refractivity (Wildman–Crippen MR) is 71.1 cm³/mol. The number of amides is 1. The van der Waals surface area contributed by atoms with Crippen LogP contribution in [-0.4, -0.2) is 12.5 Å². The molecule has 0 aromatic heterocycles. The Labute approximate surface area is 109 Å². The lowest BCUT2D eigenvalue weighted by atomic mass is 10.2. The molecule has 0 radical (unpaired) electrons. The number of hydrogen-bond acceptors (Lipinski definition) is 3. The smallest absolute Gasteiger partial charge is 0.262 e. The summed E-state index contributed by atoms with van der Waals surface area (Å²) in [6, 6.07) is 15.9. The van der Waals surface area contributed by atoms with E-state index in [1.54, 1.807) is 11.8 Å². The van der Waals surface area contributed by atoms with Crippen LogP contribution < -0.4 is 10.1 Å². The second kappa shape index (κ2) is 4.74. The summed E-state index contributed by atoms with van der Waals surface area (Å²) >= 11 is 1.67. The van der Waals surface area contributed by atoms with Gasteiger partial charge in [0.15, 0.2) is 6.61 Å². The quantitative estimate of drug-likeness (QED) is 0.898. The first-order valence-corrected chi connectivity index (χ1v) is 6.42. The highest BCUT2D eigenvalue weighted by molar-refractivity contribution is 7.99. The van der Waals surface area contributed by atoms with E-state index >= 15 is 0 Å². The molecule has 0 atom stereocenters. The van der Waals surface area contributed by atoms with E-state index in [0.717, 1.165) is 16.3 Å². The second-order valence-electron chi connectivity index (χ2n) is 3.91. The van der Waals surface area contributed by atoms with Gasteiger partial charge in [-0.05, 0) is 30.3 Å². The number of ether oxygens (including phenoxy) is 1. The molecule has 0 spiro atoms. The van der Waals surface area contributed by atoms with E-state index in [1.807, 2.05) is 36.4 Å². The third kappa shape index (κ3) is 2.33. The molecular formula is C14H11NO2S. The molecule has 1 aliphatic heterocycles. The molecule has 2 aromatic carbocycles. The van der Waals surface area contributed by atoms with Crippen LogP contribution in [0.4, 0.5) is 5.69 Å². The normalized spacial score (nSPS) is 13.4. The lowest BCUT2D eigenvalue weighted by Gasteiger charge is -2.18. The summed E-state index contributed by atoms with van der Waals surface area (Å²) in [5.74, 6) is 0.626. The lowest BCUT2D eigenvalue weighted by molar-refractivity contribution is -0.118. The minimum Gasteiger partial charge on any atom is -0.482 e. The van der Waals surface area contributed by atoms with E-state index in [0.29, 0.717) is 0 Å². The number of fused-ring (bicyclic) bond motifs is 1. The summed E-state index contributed by atoms with van der Waals surface area (Å²) in [6.45, 7) is 0.0897. The van der Waals surface area contributed by atoms with Gasteiger partial charge in [0, 0.05) is 9.79 Å². The molecule has 0 fully saturated rings. The fraction of sp³-hybridized carbons (Fsp3) is 0.0714. The van der Waals surface area contributed by atoms with E-state index in [-0.39, 0.29) is 12.5 Å². The van der Waals surface area contributed by atoms with Crippen LogP contribution in [-0.2, 0) is 4.79 Å². The Hall–Kier alpha value is -1.94. The molecule has 1 N–H and O–H groups in total. The third-order valence-corrected chi connectivity index (χ3v) is 3.56. The van der Waals surface area contributed by atoms with Gasteiger partial charge in [0.2, 0.25) is 0 Å². The SMILES string of the molecule is O=C1COc2cc(Sc3ccccc3)ccc2N1. The van der Waals surface area contributed by atoms with Crippen LogP contribution in [0, 0.1) is 0 Å². The van der Waals surface area contributed by atoms with Gasteiger partial charge in [-0.15, -0.1) is 0 Å². The summed E-state index contributed by atoms with van der Waals surface area (Å²) in [7, 11) is 0. The minimum absolute atomic E-state index is 0.0897. The van der Waals surface area contributed by atoms with E-state index < -0.39 is 0 Å². The number of hydrogen-bond donors (Lipinski definition) is 1. The van der Waals surface area contributed by atoms with Gasteiger partial charge in [-0.1, -0.05) is 30.0 Å². The predicted octanol–water partition coefficient (Wildman–Crippen LogP) is 3.17. The number of benzene rings is 2. The fourth-order valence-corrected chi connectivity index (χ4v) is 2.61. The molecule has 0 saturated heterocycles. The van der Waals surface area contributed by atoms with Crippen molar-refractivity contribution in [3.05, 3.63) is 48.5 Å². The maximum atomic E-state index is 11.2. The Kier molecular flexibility index (Phi) is 2.94. The number of carbonyl (C=O) groups is 1. The van der Waals surface area contributed by atoms with E-state index in [2.05, 4.69) is 17.4 Å². The third-order valence-electron chi connectivity index (χ3n) is 2.56. The van der Waals surface area contributed by atoms with Crippen LogP contribution >= 0.6 is 11.8 Å². The van der Waals surface area contributed by atoms with Crippen molar-refractivity contribution < 1.29 is 9.53 Å². The van der Waals surface area contributed by atoms with Gasteiger partial charge in [0.1, 0.15) is 5.75 Å². The van der Waals surface area contributed by atoms with Gasteiger partial charge in [0.25, 0.3) is 5.91 Å². The summed E-state index contributed by atoms with van der Waals surface area (Å²) in [6.07, 6.45) is 0. The Balaban J connectivity index is 1.85. The van der Waals surface area contributed by atoms with Crippen molar-refractivity contribution in [1.29, 1.82) is 0 Å². The average molecular weight is 257 g/mol. The number of rotatable bonds is 2. The standard InChI is InChI=1S/C14H11NO2S/c16-14-9-17-13-8-11(6-7-12(13)15-14)18-10-4-2-1-3-5-10/h1-8H,9H2,(H,15,16). The van der Waals surface area contributed by atoms with Crippen LogP contribution in [0.3, 0.4) is 0 Å². The molecule has 1 heterocycles. The van der Waals surface area contributed by atoms with Gasteiger partial charge in [0.05, 0.1) is 5.69 Å². The average Bonchev–Trinajstić information content (AvgIpc) is 2.40. The first-order chi connectivity index (χ1) is 8.81. The van der Waals surface area contributed by atoms with Crippen molar-refractivity contribution in [2.45, 2.75) is 9.79 Å². The van der Waals surface area contributed by atoms with Gasteiger partial charge in [-0.2, -0.15) is 0 Å². The molecule has 0 unspecified atom stereocenters. The molecule has 0 saturated carbocycles. The summed E-state index contributed by atoms with van der Waals surface area (Å²) in [4.78, 5) is 13.4. The molecule has 3 rings (SSSR count). The van der Waals surface area contributed by atoms with Crippen LogP contribution in [0.1, 0.15) is 0 Å². The van der Waals surface area contributed by atoms with Crippen molar-refractivity contribution in [2.24, 2.45) is 0 Å². The lowest BCUT2D eigenvalue weighted by Crippen LogP contribution is -2.25. The van der Waals surface area contributed by atoms with Crippen LogP contribution in [0.5, 0.6) is 5.75 Å². The molecule has 18 heavy (non-hydrogen) atoms. The van der Waals surface area contributed by atoms with E-state index in [4.69, 9.17) is 4.74 Å². The zero-order valence-corrected chi connectivity index (χ0v) is 10.4. The molecule has 1 aliphatic rings. The zero-order chi connectivity index (χ0) is 12.4. The highest BCUT2D eigenvalue weighted by atomic mass is 32.2. The van der Waals surface area contributed by atoms with Crippen LogP contribution in [0.25, 0.3) is 0 Å². The minimum atomic E-state index is -0.106. The maximum Gasteiger partial charge on any atom is 0.262 e. The zero-order valence-electron chi connectivity index (χ0n) is 9.55. The highest BCUT2D eigenvalue weighted by Gasteiger charge is 2.15. The molecule has 3 nitrogen and oxygen atoms in total. The summed E-state index contributed by atoms with van der Waals surface area (Å²) in [5.41, 5.74) is 0.740. The van der Waals surface area contributed by atoms with Crippen molar-refractivity contribution >= 4 is 23.4 Å². The van der Waals surface area contributed by atoms with Crippen LogP contribution in [0.2, 0.25) is 0 Å². The van der Waals surface area contributed by atoms with Crippen molar-refractivity contribution in [2.75, 3.05) is 11.9 Å². The first kappa shape index (κ1) is 11.2. The van der Waals surface area contributed by atoms with Gasteiger partial charge < -0.3 is 10.1 Å². The van der Waals surface area contributed by atoms with E-state index in [1.165, 1.54) is 4.90 Å². The Bertz CT molecular complexity index is 584. The number of carbonyl (C=O) groups excluding carboxylic acids is 1. The van der Waals surface area contributed by atoms with Crippen molar-refractivity contribution in [1.82, 2.24) is 0 Å². The van der Waals surface area contributed by atoms with Gasteiger partial charge in [-0.25, -0.2) is 0 Å². The largest absolute Gasteiger partial charge is 0.482 e. The maximum absolute atomic E-state index is 11.2. The second-order valence-corrected chi connectivity index (χ2v) is 5.06. The number of anilines is 1. The van der Waals surface area contributed by atoms with Gasteiger partial charge >= 0.3 is 0 Å². The fourth-order valence-electron chi connectivity index (χ4n) is 1.74. The molecular weight excluding hydrogens is 246 g/mol. The Morgan fingerprint density at radius 1 is 1.06 bits per heavy atom. The molecule has 1 amide bonds. The number of nitrogens with one attached hydrogen (secondary N) is 1. The van der Waals surface area contributed by atoms with Gasteiger partial charge in [-0.3, -0.25) is 4.79 Å². The molecule has 4 heteroatoms. The Morgan fingerprint density at radius 3 is 2.72 bits per heavy atom. The topological polar surface area (TPSA) is 38.3 Å². The summed E-state index contributed by atoms with van der Waals surface area (Å²) < 4.78 is 5.39. The summed E-state index contributed by atoms with van der Waals surface area (Å²) in [5, 5.41) is 2.78. The molecule has 0 aliphatic carbocycles. The molecule has 90 valence electrons.